The summed E-state index contributed by atoms with van der Waals surface area (Å²) in [5.41, 5.74) is 22.7. The lowest BCUT2D eigenvalue weighted by molar-refractivity contribution is -0.144. The van der Waals surface area contributed by atoms with Crippen LogP contribution in [-0.2, 0) is 79.9 Å². The number of nitrogens with two attached hydrogens (primary N) is 3. The van der Waals surface area contributed by atoms with Crippen molar-refractivity contribution in [2.45, 2.75) is 205 Å². The average molecular weight is 1540 g/mol. The summed E-state index contributed by atoms with van der Waals surface area (Å²) in [7, 11) is 1.13. The predicted molar refractivity (Wildman–Crippen MR) is 407 cm³/mol. The number of likely N-dealkylation sites (tertiary alicyclic amines) is 1. The number of guanidine groups is 1. The van der Waals surface area contributed by atoms with Crippen LogP contribution < -0.4 is 65.1 Å². The Morgan fingerprint density at radius 2 is 1.28 bits per heavy atom. The molecule has 1 aliphatic rings. The maximum atomic E-state index is 14.7. The van der Waals surface area contributed by atoms with Crippen molar-refractivity contribution in [2.24, 2.45) is 28.1 Å². The third-order valence-corrected chi connectivity index (χ3v) is 19.0. The van der Waals surface area contributed by atoms with Crippen LogP contribution in [0.25, 0.3) is 10.9 Å². The zero-order valence-electron chi connectivity index (χ0n) is 63.0. The number of carbonyl (C=O) groups excluding carboxylic acids is 11. The maximum Gasteiger partial charge on any atom is 0.329 e. The van der Waals surface area contributed by atoms with E-state index in [1.807, 2.05) is 13.0 Å². The van der Waals surface area contributed by atoms with E-state index in [9.17, 15) is 87.9 Å². The van der Waals surface area contributed by atoms with Gasteiger partial charge in [-0.2, -0.15) is 11.8 Å². The Labute approximate surface area is 637 Å². The second-order valence-electron chi connectivity index (χ2n) is 27.2. The number of H-pyrrole nitrogens is 1. The monoisotopic (exact) mass is 1540 g/mol. The van der Waals surface area contributed by atoms with Crippen molar-refractivity contribution >= 4 is 106 Å². The number of esters is 1. The molecule has 0 aliphatic carbocycles. The Balaban J connectivity index is 1.52. The number of nitrogens with one attached hydrogen (secondary N) is 10. The number of aliphatic hydroxyl groups excluding tert-OH is 2. The van der Waals surface area contributed by atoms with Gasteiger partial charge in [0.1, 0.15) is 60.1 Å². The number of aliphatic imine (C=N–C) groups is 1. The van der Waals surface area contributed by atoms with E-state index in [-0.39, 0.29) is 69.1 Å². The number of methoxy groups -OCH3 is 1. The van der Waals surface area contributed by atoms with Crippen molar-refractivity contribution in [3.63, 3.8) is 0 Å². The number of aliphatic hydroxyl groups is 2. The number of aromatic amines is 1. The molecule has 1 saturated heterocycles. The number of fused-ring (bicyclic) bond motifs is 1. The number of aliphatic carboxylic acids is 2. The van der Waals surface area contributed by atoms with E-state index >= 15 is 0 Å². The van der Waals surface area contributed by atoms with Gasteiger partial charge in [0, 0.05) is 54.5 Å². The summed E-state index contributed by atoms with van der Waals surface area (Å²) in [4.78, 5) is 186. The first-order chi connectivity index (χ1) is 51.7. The summed E-state index contributed by atoms with van der Waals surface area (Å²) in [6, 6.07) is -2.78. The zero-order chi connectivity index (χ0) is 81.0. The summed E-state index contributed by atoms with van der Waals surface area (Å²) in [6.45, 7) is 10.7. The number of rotatable bonds is 47. The lowest BCUT2D eigenvalue weighted by Crippen LogP contribution is -2.63. The summed E-state index contributed by atoms with van der Waals surface area (Å²) < 4.78 is 4.90. The second-order valence-corrected chi connectivity index (χ2v) is 28.2. The Bertz CT molecular complexity index is 3740. The van der Waals surface area contributed by atoms with E-state index in [2.05, 4.69) is 90.8 Å². The molecule has 0 radical (unpaired) electrons. The Morgan fingerprint density at radius 3 is 1.92 bits per heavy atom. The molecule has 3 aromatic rings. The molecule has 0 spiro atoms. The van der Waals surface area contributed by atoms with Gasteiger partial charge in [0.05, 0.1) is 38.8 Å². The van der Waals surface area contributed by atoms with Gasteiger partial charge in [0.15, 0.2) is 5.96 Å². The molecule has 4 rings (SSSR count). The number of phenols is 1. The highest BCUT2D eigenvalue weighted by atomic mass is 32.2. The van der Waals surface area contributed by atoms with Gasteiger partial charge in [0.25, 0.3) is 0 Å². The van der Waals surface area contributed by atoms with Crippen LogP contribution in [-0.4, -0.2) is 230 Å². The number of amides is 10. The number of aromatic hydroxyl groups is 1. The first-order valence-corrected chi connectivity index (χ1v) is 37.3. The number of allylic oxidation sites excluding steroid dienone is 5. The molecule has 10 amide bonds. The first-order valence-electron chi connectivity index (χ1n) is 36.1. The fraction of sp³-hybridized carbons (Fsp3) is 0.541. The third-order valence-electron chi connectivity index (χ3n) is 18.0. The minimum atomic E-state index is -1.96. The topological polar surface area (TPSA) is 550 Å². The van der Waals surface area contributed by atoms with Gasteiger partial charge < -0.3 is 105 Å². The summed E-state index contributed by atoms with van der Waals surface area (Å²) >= 11 is 1.34. The quantitative estimate of drug-likeness (QED) is 0.0117. The number of aromatic nitrogens is 1. The molecular formula is C74H109N15O19S. The SMILES string of the molecule is CC[C@H](C)[C@H](NC(=O)[C@H](CCC(=O)O)NC(=O)[C@@H]1CCCN1C(=O)[C@@H](N)Cc1ccc(O)cc1)C(=O)N[C@@H](CO)C(=O)N[C@@H](Cc1c[nH]c2ccccc12)C(=O)N[C@H](C(=O)N[C@@H](CCCN=C(N)N)C(=O)N[C@@H](CC(=O)O)C(=O)NCC(=O)N[C@@H](CSC/C=C(\C)CC/C=C(\C)CCC=C(C)C)C(=O)OC)[C@@H](C)O. The first kappa shape index (κ1) is 91.0. The number of ether oxygens (including phenoxy) is 1. The van der Waals surface area contributed by atoms with Gasteiger partial charge in [-0.15, -0.1) is 0 Å². The molecular weight excluding hydrogens is 1430 g/mol. The number of carboxylic acids is 2. The van der Waals surface area contributed by atoms with Crippen molar-refractivity contribution in [1.82, 2.24) is 57.7 Å². The van der Waals surface area contributed by atoms with Crippen molar-refractivity contribution in [3.8, 4) is 5.75 Å². The molecule has 1 aliphatic heterocycles. The molecule has 600 valence electrons. The van der Waals surface area contributed by atoms with E-state index in [1.165, 1.54) is 46.1 Å². The molecule has 0 unspecified atom stereocenters. The lowest BCUT2D eigenvalue weighted by atomic mass is 9.97. The Hall–Kier alpha value is -10.4. The number of thioether (sulfide) groups is 1. The Morgan fingerprint density at radius 1 is 0.688 bits per heavy atom. The molecule has 2 heterocycles. The molecule has 1 aromatic heterocycles. The third kappa shape index (κ3) is 31.8. The fourth-order valence-corrected chi connectivity index (χ4v) is 12.6. The zero-order valence-corrected chi connectivity index (χ0v) is 63.8. The largest absolute Gasteiger partial charge is 0.508 e. The normalized spacial score (nSPS) is 15.9. The lowest BCUT2D eigenvalue weighted by Gasteiger charge is -2.30. The van der Waals surface area contributed by atoms with Gasteiger partial charge in [0.2, 0.25) is 59.1 Å². The number of hydrogen-bond acceptors (Lipinski definition) is 20. The van der Waals surface area contributed by atoms with Crippen LogP contribution in [0.3, 0.4) is 0 Å². The highest BCUT2D eigenvalue weighted by Crippen LogP contribution is 2.23. The van der Waals surface area contributed by atoms with Gasteiger partial charge in [-0.1, -0.05) is 85.5 Å². The van der Waals surface area contributed by atoms with Crippen molar-refractivity contribution in [1.29, 1.82) is 0 Å². The van der Waals surface area contributed by atoms with Crippen molar-refractivity contribution < 1.29 is 92.6 Å². The Kier molecular flexibility index (Phi) is 39.0. The van der Waals surface area contributed by atoms with Crippen LogP contribution in [0.15, 0.2) is 94.7 Å². The van der Waals surface area contributed by atoms with Gasteiger partial charge >= 0.3 is 17.9 Å². The van der Waals surface area contributed by atoms with Crippen LogP contribution in [0, 0.1) is 5.92 Å². The molecule has 12 atom stereocenters. The molecule has 1 fully saturated rings. The fourth-order valence-electron chi connectivity index (χ4n) is 11.6. The number of para-hydroxylation sites is 1. The van der Waals surface area contributed by atoms with Crippen LogP contribution in [0.2, 0.25) is 0 Å². The summed E-state index contributed by atoms with van der Waals surface area (Å²) in [5, 5.41) is 73.6. The van der Waals surface area contributed by atoms with E-state index in [0.29, 0.717) is 34.2 Å². The van der Waals surface area contributed by atoms with Gasteiger partial charge in [-0.3, -0.25) is 62.5 Å². The standard InChI is InChI=1S/C74H109N15O19S/c1-9-44(6)62(87-66(100)53(28-29-60(94)95)82-69(103)58-23-15-32-89(58)72(106)50(75)34-46-24-26-48(92)27-25-46)70(104)86-56(39-90)68(102)84-54(35-47-37-79-51-21-11-10-20-49(47)51)67(101)88-63(45(7)91)71(105)83-52(22-14-31-78-74(76)77)65(99)85-55(36-61(96)97)64(98)80-38-59(93)81-57(73(107)108-8)40-109-33-30-43(5)19-13-18-42(4)17-12-16-41(2)3/h10-11,16,18,20-21,24-27,30,37,44-45,50,52-58,62-63,79,90-92H,9,12-15,17,19,22-23,28-29,31-36,38-40,75H2,1-8H3,(H,80,98)(H,81,93)(H,82,103)(H,83,105)(H,84,102)(H,85,99)(H,86,104)(H,87,100)(H,88,101)(H,94,95)(H,96,97)(H4,76,77,78)/b42-18+,43-30+/t44-,45+,50-,52-,53-,54-,55-,56-,57-,58-,62-,63-/m0/s1. The molecule has 2 aromatic carbocycles. The van der Waals surface area contributed by atoms with Gasteiger partial charge in [-0.05, 0) is 134 Å². The molecule has 0 saturated carbocycles. The number of nitrogens with zero attached hydrogens (tertiary/aromatic N) is 2. The van der Waals surface area contributed by atoms with Crippen molar-refractivity contribution in [3.05, 3.63) is 101 Å². The number of carboxylic acid groups (broad SMARTS) is 2. The average Bonchev–Trinajstić information content (AvgIpc) is 1.75. The number of carbonyl (C=O) groups is 13. The summed E-state index contributed by atoms with van der Waals surface area (Å²) in [6.07, 6.45) is 7.74. The minimum Gasteiger partial charge on any atom is -0.508 e. The van der Waals surface area contributed by atoms with Gasteiger partial charge in [-0.25, -0.2) is 4.79 Å². The molecule has 0 bridgehead atoms. The van der Waals surface area contributed by atoms with Crippen LogP contribution in [0.1, 0.15) is 137 Å². The highest BCUT2D eigenvalue weighted by molar-refractivity contribution is 7.99. The molecule has 35 heteroatoms. The number of hydrogen-bond donors (Lipinski definition) is 18. The molecule has 109 heavy (non-hydrogen) atoms. The molecule has 34 nitrogen and oxygen atoms in total. The predicted octanol–water partition coefficient (Wildman–Crippen LogP) is 0.109. The maximum absolute atomic E-state index is 14.7. The van der Waals surface area contributed by atoms with E-state index in [0.717, 1.165) is 45.3 Å². The number of benzene rings is 2. The van der Waals surface area contributed by atoms with E-state index in [1.54, 1.807) is 50.2 Å². The highest BCUT2D eigenvalue weighted by Gasteiger charge is 2.41. The summed E-state index contributed by atoms with van der Waals surface area (Å²) in [5.74, 6) is -14.4. The second kappa shape index (κ2) is 46.7. The minimum absolute atomic E-state index is 0.00475. The molecule has 21 N–H and O–H groups in total. The van der Waals surface area contributed by atoms with Crippen LogP contribution in [0.5, 0.6) is 5.75 Å². The van der Waals surface area contributed by atoms with Crippen LogP contribution >= 0.6 is 11.8 Å². The van der Waals surface area contributed by atoms with Crippen LogP contribution in [0.4, 0.5) is 0 Å². The smallest absolute Gasteiger partial charge is 0.329 e. The van der Waals surface area contributed by atoms with E-state index < -0.39 is 182 Å². The van der Waals surface area contributed by atoms with E-state index in [4.69, 9.17) is 21.9 Å². The number of phenolic OH excluding ortho intramolecular Hbond substituents is 1. The van der Waals surface area contributed by atoms with Crippen molar-refractivity contribution in [2.75, 3.05) is 44.9 Å².